The monoisotopic (exact) mass is 519 g/mol. The molecule has 2 fully saturated rings. The van der Waals surface area contributed by atoms with E-state index in [-0.39, 0.29) is 24.0 Å². The van der Waals surface area contributed by atoms with Crippen LogP contribution in [0.5, 0.6) is 0 Å². The molecule has 1 unspecified atom stereocenters. The van der Waals surface area contributed by atoms with Gasteiger partial charge in [-0.3, -0.25) is 9.89 Å². The lowest BCUT2D eigenvalue weighted by atomic mass is 10.0. The Bertz CT molecular complexity index is 563. The second kappa shape index (κ2) is 12.2. The van der Waals surface area contributed by atoms with E-state index in [0.29, 0.717) is 12.1 Å². The first-order valence-corrected chi connectivity index (χ1v) is 11.5. The molecule has 1 aromatic rings. The second-order valence-corrected chi connectivity index (χ2v) is 9.26. The van der Waals surface area contributed by atoms with E-state index >= 15 is 0 Å². The van der Waals surface area contributed by atoms with E-state index < -0.39 is 0 Å². The molecule has 2 N–H and O–H groups in total. The van der Waals surface area contributed by atoms with Gasteiger partial charge in [0.05, 0.1) is 5.00 Å². The minimum absolute atomic E-state index is 0. The van der Waals surface area contributed by atoms with Gasteiger partial charge in [0.15, 0.2) is 5.96 Å². The number of guanidine groups is 1. The minimum Gasteiger partial charge on any atom is -0.363 e. The van der Waals surface area contributed by atoms with Gasteiger partial charge in [0, 0.05) is 38.8 Å². The Morgan fingerprint density at radius 1 is 1.21 bits per heavy atom. The predicted molar refractivity (Wildman–Crippen MR) is 134 cm³/mol. The zero-order valence-electron chi connectivity index (χ0n) is 17.7. The van der Waals surface area contributed by atoms with Crippen molar-refractivity contribution in [3.8, 4) is 0 Å². The number of hydrogen-bond donors (Lipinski definition) is 2. The van der Waals surface area contributed by atoms with Gasteiger partial charge in [-0.25, -0.2) is 0 Å². The summed E-state index contributed by atoms with van der Waals surface area (Å²) < 4.78 is 0. The predicted octanol–water partition coefficient (Wildman–Crippen LogP) is 4.01. The highest BCUT2D eigenvalue weighted by molar-refractivity contribution is 14.0. The second-order valence-electron chi connectivity index (χ2n) is 8.34. The molecule has 0 aromatic carbocycles. The van der Waals surface area contributed by atoms with E-state index in [1.807, 2.05) is 18.4 Å². The molecule has 0 saturated carbocycles. The molecule has 1 aromatic heterocycles. The summed E-state index contributed by atoms with van der Waals surface area (Å²) in [7, 11) is 1.89. The average molecular weight is 520 g/mol. The Balaban J connectivity index is 0.00000280. The number of nitrogens with one attached hydrogen (secondary N) is 2. The normalized spacial score (nSPS) is 20.3. The maximum Gasteiger partial charge on any atom is 0.191 e. The Kier molecular flexibility index (Phi) is 10.4. The van der Waals surface area contributed by atoms with Gasteiger partial charge >= 0.3 is 0 Å². The summed E-state index contributed by atoms with van der Waals surface area (Å²) in [6.07, 6.45) is 6.29. The van der Waals surface area contributed by atoms with Crippen LogP contribution in [0.1, 0.15) is 46.0 Å². The molecule has 3 rings (SSSR count). The molecule has 0 spiro atoms. The summed E-state index contributed by atoms with van der Waals surface area (Å²) in [5, 5.41) is 10.9. The van der Waals surface area contributed by atoms with Crippen LogP contribution in [-0.4, -0.2) is 62.7 Å². The van der Waals surface area contributed by atoms with Crippen molar-refractivity contribution in [1.82, 2.24) is 15.5 Å². The van der Waals surface area contributed by atoms with Crippen LogP contribution in [0.4, 0.5) is 5.00 Å². The first-order valence-electron chi connectivity index (χ1n) is 10.7. The summed E-state index contributed by atoms with van der Waals surface area (Å²) in [4.78, 5) is 9.66. The fourth-order valence-corrected chi connectivity index (χ4v) is 5.09. The van der Waals surface area contributed by atoms with E-state index in [2.05, 4.69) is 56.8 Å². The highest BCUT2D eigenvalue weighted by Gasteiger charge is 2.24. The topological polar surface area (TPSA) is 42.9 Å². The zero-order valence-corrected chi connectivity index (χ0v) is 20.8. The van der Waals surface area contributed by atoms with Gasteiger partial charge in [-0.05, 0) is 68.6 Å². The highest BCUT2D eigenvalue weighted by Crippen LogP contribution is 2.24. The Hall–Kier alpha value is -0.540. The molecule has 0 aliphatic carbocycles. The fraction of sp³-hybridized carbons (Fsp3) is 0.762. The molecule has 3 heterocycles. The van der Waals surface area contributed by atoms with E-state index in [1.54, 1.807) is 0 Å². The lowest BCUT2D eigenvalue weighted by molar-refractivity contribution is 0.212. The maximum atomic E-state index is 4.49. The van der Waals surface area contributed by atoms with Crippen molar-refractivity contribution in [3.63, 3.8) is 0 Å². The number of anilines is 1. The molecule has 0 bridgehead atoms. The molecule has 7 heteroatoms. The summed E-state index contributed by atoms with van der Waals surface area (Å²) in [6, 6.07) is 5.50. The third-order valence-electron chi connectivity index (χ3n) is 5.78. The minimum atomic E-state index is 0. The Morgan fingerprint density at radius 3 is 2.50 bits per heavy atom. The summed E-state index contributed by atoms with van der Waals surface area (Å²) in [6.45, 7) is 10.4. The third kappa shape index (κ3) is 7.06. The molecule has 0 amide bonds. The summed E-state index contributed by atoms with van der Waals surface area (Å²) >= 11 is 1.84. The number of piperidine rings is 1. The van der Waals surface area contributed by atoms with Crippen LogP contribution in [0, 0.1) is 5.92 Å². The molecule has 2 aliphatic heterocycles. The molecular formula is C21H38IN5S. The molecule has 28 heavy (non-hydrogen) atoms. The van der Waals surface area contributed by atoms with Gasteiger partial charge in [-0.15, -0.1) is 35.3 Å². The standard InChI is InChI=1S/C21H37N5S.HI/c1-17(2)15-19(25-10-4-5-11-25)16-23-21(22-3)24-18-8-12-26(13-9-18)20-7-6-14-27-20;/h6-7,14,17-19H,4-5,8-13,15-16H2,1-3H3,(H2,22,23,24);1H. The van der Waals surface area contributed by atoms with Crippen molar-refractivity contribution in [2.45, 2.75) is 58.0 Å². The highest BCUT2D eigenvalue weighted by atomic mass is 127. The Morgan fingerprint density at radius 2 is 1.93 bits per heavy atom. The number of rotatable bonds is 7. The van der Waals surface area contributed by atoms with Crippen LogP contribution in [0.25, 0.3) is 0 Å². The quantitative estimate of drug-likeness (QED) is 0.325. The first kappa shape index (κ1) is 23.7. The largest absolute Gasteiger partial charge is 0.363 e. The van der Waals surface area contributed by atoms with E-state index in [1.165, 1.54) is 50.2 Å². The van der Waals surface area contributed by atoms with Crippen LogP contribution >= 0.6 is 35.3 Å². The van der Waals surface area contributed by atoms with Gasteiger partial charge in [0.2, 0.25) is 0 Å². The molecule has 1 atom stereocenters. The summed E-state index contributed by atoms with van der Waals surface area (Å²) in [5.74, 6) is 1.70. The number of aliphatic imine (C=N–C) groups is 1. The fourth-order valence-electron chi connectivity index (χ4n) is 4.31. The Labute approximate surface area is 192 Å². The number of nitrogens with zero attached hydrogens (tertiary/aromatic N) is 3. The van der Waals surface area contributed by atoms with Crippen molar-refractivity contribution in [3.05, 3.63) is 17.5 Å². The van der Waals surface area contributed by atoms with Crippen molar-refractivity contribution >= 4 is 46.3 Å². The number of thiophene rings is 1. The third-order valence-corrected chi connectivity index (χ3v) is 6.71. The van der Waals surface area contributed by atoms with Gasteiger partial charge in [-0.1, -0.05) is 13.8 Å². The molecule has 160 valence electrons. The van der Waals surface area contributed by atoms with E-state index in [4.69, 9.17) is 0 Å². The lowest BCUT2D eigenvalue weighted by Gasteiger charge is -2.34. The van der Waals surface area contributed by atoms with E-state index in [0.717, 1.165) is 31.5 Å². The van der Waals surface area contributed by atoms with Gasteiger partial charge in [0.1, 0.15) is 0 Å². The molecule has 5 nitrogen and oxygen atoms in total. The van der Waals surface area contributed by atoms with Crippen LogP contribution in [0.15, 0.2) is 22.5 Å². The van der Waals surface area contributed by atoms with Crippen molar-refractivity contribution < 1.29 is 0 Å². The number of hydrogen-bond acceptors (Lipinski definition) is 4. The van der Waals surface area contributed by atoms with Crippen molar-refractivity contribution in [2.75, 3.05) is 44.7 Å². The van der Waals surface area contributed by atoms with Gasteiger partial charge in [-0.2, -0.15) is 0 Å². The first-order chi connectivity index (χ1) is 13.2. The van der Waals surface area contributed by atoms with Crippen molar-refractivity contribution in [2.24, 2.45) is 10.9 Å². The smallest absolute Gasteiger partial charge is 0.191 e. The van der Waals surface area contributed by atoms with Gasteiger partial charge < -0.3 is 15.5 Å². The molecule has 0 radical (unpaired) electrons. The SMILES string of the molecule is CN=C(NCC(CC(C)C)N1CCCC1)NC1CCN(c2cccs2)CC1.I. The molecule has 2 aliphatic rings. The van der Waals surface area contributed by atoms with Crippen molar-refractivity contribution in [1.29, 1.82) is 0 Å². The summed E-state index contributed by atoms with van der Waals surface area (Å²) in [5.41, 5.74) is 0. The van der Waals surface area contributed by atoms with Gasteiger partial charge in [0.25, 0.3) is 0 Å². The van der Waals surface area contributed by atoms with Crippen LogP contribution in [-0.2, 0) is 0 Å². The van der Waals surface area contributed by atoms with Crippen LogP contribution in [0.3, 0.4) is 0 Å². The zero-order chi connectivity index (χ0) is 19.1. The number of likely N-dealkylation sites (tertiary alicyclic amines) is 1. The lowest BCUT2D eigenvalue weighted by Crippen LogP contribution is -2.51. The number of halogens is 1. The van der Waals surface area contributed by atoms with Crippen LogP contribution < -0.4 is 15.5 Å². The van der Waals surface area contributed by atoms with E-state index in [9.17, 15) is 0 Å². The molecular weight excluding hydrogens is 481 g/mol. The average Bonchev–Trinajstić information content (AvgIpc) is 3.38. The molecule has 2 saturated heterocycles. The van der Waals surface area contributed by atoms with Crippen LogP contribution in [0.2, 0.25) is 0 Å². The maximum absolute atomic E-state index is 4.49.